The molecule has 0 aliphatic rings. The maximum atomic E-state index is 13.5. The number of hydrogen-bond donors (Lipinski definition) is 2. The molecule has 4 nitrogen and oxygen atoms in total. The smallest absolute Gasteiger partial charge is 0.255 e. The molecule has 0 radical (unpaired) electrons. The number of halogens is 2. The SMILES string of the molecule is CNc1ncc(Br)cc1C(=O)NCc1ccccc1F. The van der Waals surface area contributed by atoms with Crippen LogP contribution in [0.2, 0.25) is 0 Å². The lowest BCUT2D eigenvalue weighted by Gasteiger charge is -2.10. The summed E-state index contributed by atoms with van der Waals surface area (Å²) < 4.78 is 14.2. The molecule has 0 fully saturated rings. The lowest BCUT2D eigenvalue weighted by atomic mass is 10.2. The number of carbonyl (C=O) groups excluding carboxylic acids is 1. The molecular formula is C14H13BrFN3O. The zero-order valence-corrected chi connectivity index (χ0v) is 12.4. The van der Waals surface area contributed by atoms with Gasteiger partial charge in [0.1, 0.15) is 11.6 Å². The predicted octanol–water partition coefficient (Wildman–Crippen LogP) is 2.95. The minimum Gasteiger partial charge on any atom is -0.372 e. The maximum absolute atomic E-state index is 13.5. The minimum atomic E-state index is -0.339. The summed E-state index contributed by atoms with van der Waals surface area (Å²) in [4.78, 5) is 16.2. The van der Waals surface area contributed by atoms with Crippen LogP contribution < -0.4 is 10.6 Å². The van der Waals surface area contributed by atoms with Gasteiger partial charge in [-0.25, -0.2) is 9.37 Å². The van der Waals surface area contributed by atoms with Crippen molar-refractivity contribution in [2.75, 3.05) is 12.4 Å². The number of carbonyl (C=O) groups is 1. The average molecular weight is 338 g/mol. The van der Waals surface area contributed by atoms with Crippen molar-refractivity contribution < 1.29 is 9.18 Å². The van der Waals surface area contributed by atoms with Crippen LogP contribution in [-0.4, -0.2) is 17.9 Å². The highest BCUT2D eigenvalue weighted by atomic mass is 79.9. The average Bonchev–Trinajstić information content (AvgIpc) is 2.46. The van der Waals surface area contributed by atoms with Crippen LogP contribution in [0.5, 0.6) is 0 Å². The second kappa shape index (κ2) is 6.47. The molecule has 0 aliphatic heterocycles. The quantitative estimate of drug-likeness (QED) is 0.901. The Bertz CT molecular complexity index is 634. The standard InChI is InChI=1S/C14H13BrFN3O/c1-17-13-11(6-10(15)8-18-13)14(20)19-7-9-4-2-3-5-12(9)16/h2-6,8H,7H2,1H3,(H,17,18)(H,19,20). The number of benzene rings is 1. The molecule has 2 N–H and O–H groups in total. The van der Waals surface area contributed by atoms with E-state index in [9.17, 15) is 9.18 Å². The van der Waals surface area contributed by atoms with Crippen LogP contribution >= 0.6 is 15.9 Å². The Balaban J connectivity index is 2.13. The largest absolute Gasteiger partial charge is 0.372 e. The zero-order valence-electron chi connectivity index (χ0n) is 10.8. The fourth-order valence-corrected chi connectivity index (χ4v) is 2.06. The molecule has 1 aromatic heterocycles. The molecular weight excluding hydrogens is 325 g/mol. The molecule has 0 unspecified atom stereocenters. The first-order chi connectivity index (χ1) is 9.61. The van der Waals surface area contributed by atoms with Gasteiger partial charge in [-0.2, -0.15) is 0 Å². The van der Waals surface area contributed by atoms with E-state index >= 15 is 0 Å². The third-order valence-corrected chi connectivity index (χ3v) is 3.17. The van der Waals surface area contributed by atoms with Gasteiger partial charge >= 0.3 is 0 Å². The van der Waals surface area contributed by atoms with Gasteiger partial charge in [0, 0.05) is 29.8 Å². The number of nitrogens with zero attached hydrogens (tertiary/aromatic N) is 1. The summed E-state index contributed by atoms with van der Waals surface area (Å²) in [5.41, 5.74) is 0.841. The first-order valence-corrected chi connectivity index (χ1v) is 6.76. The van der Waals surface area contributed by atoms with Crippen molar-refractivity contribution in [3.8, 4) is 0 Å². The number of anilines is 1. The third-order valence-electron chi connectivity index (χ3n) is 2.73. The van der Waals surface area contributed by atoms with E-state index in [0.29, 0.717) is 21.4 Å². The van der Waals surface area contributed by atoms with Crippen LogP contribution in [0.4, 0.5) is 10.2 Å². The molecule has 0 spiro atoms. The molecule has 2 aromatic rings. The number of pyridine rings is 1. The van der Waals surface area contributed by atoms with Crippen LogP contribution in [0.15, 0.2) is 41.0 Å². The third kappa shape index (κ3) is 3.33. The van der Waals surface area contributed by atoms with Gasteiger partial charge in [0.15, 0.2) is 0 Å². The summed E-state index contributed by atoms with van der Waals surface area (Å²) >= 11 is 3.27. The van der Waals surface area contributed by atoms with Crippen LogP contribution in [-0.2, 0) is 6.54 Å². The lowest BCUT2D eigenvalue weighted by Crippen LogP contribution is -2.24. The van der Waals surface area contributed by atoms with E-state index in [0.717, 1.165) is 0 Å². The van der Waals surface area contributed by atoms with Crippen molar-refractivity contribution in [3.63, 3.8) is 0 Å². The summed E-state index contributed by atoms with van der Waals surface area (Å²) in [7, 11) is 1.68. The van der Waals surface area contributed by atoms with Crippen molar-refractivity contribution in [3.05, 3.63) is 57.9 Å². The zero-order chi connectivity index (χ0) is 14.5. The monoisotopic (exact) mass is 337 g/mol. The molecule has 6 heteroatoms. The highest BCUT2D eigenvalue weighted by Crippen LogP contribution is 2.17. The summed E-state index contributed by atoms with van der Waals surface area (Å²) in [6, 6.07) is 7.99. The Hall–Kier alpha value is -1.95. The maximum Gasteiger partial charge on any atom is 0.255 e. The van der Waals surface area contributed by atoms with E-state index < -0.39 is 0 Å². The molecule has 0 saturated carbocycles. The minimum absolute atomic E-state index is 0.126. The van der Waals surface area contributed by atoms with Gasteiger partial charge in [0.05, 0.1) is 5.56 Å². The summed E-state index contributed by atoms with van der Waals surface area (Å²) in [6.45, 7) is 0.126. The van der Waals surface area contributed by atoms with E-state index in [1.54, 1.807) is 37.5 Å². The number of hydrogen-bond acceptors (Lipinski definition) is 3. The van der Waals surface area contributed by atoms with E-state index in [1.165, 1.54) is 6.07 Å². The number of nitrogens with one attached hydrogen (secondary N) is 2. The number of amides is 1. The van der Waals surface area contributed by atoms with E-state index in [4.69, 9.17) is 0 Å². The van der Waals surface area contributed by atoms with Crippen LogP contribution in [0.25, 0.3) is 0 Å². The molecule has 0 bridgehead atoms. The Morgan fingerprint density at radius 2 is 2.15 bits per heavy atom. The molecule has 0 atom stereocenters. The molecule has 0 aliphatic carbocycles. The van der Waals surface area contributed by atoms with Gasteiger partial charge in [0.25, 0.3) is 5.91 Å². The normalized spacial score (nSPS) is 10.2. The van der Waals surface area contributed by atoms with E-state index in [2.05, 4.69) is 31.5 Å². The Kier molecular flexibility index (Phi) is 4.68. The van der Waals surface area contributed by atoms with Gasteiger partial charge in [-0.3, -0.25) is 4.79 Å². The van der Waals surface area contributed by atoms with Crippen molar-refractivity contribution in [2.24, 2.45) is 0 Å². The van der Waals surface area contributed by atoms with Crippen molar-refractivity contribution in [2.45, 2.75) is 6.54 Å². The first-order valence-electron chi connectivity index (χ1n) is 5.96. The highest BCUT2D eigenvalue weighted by Gasteiger charge is 2.13. The molecule has 1 heterocycles. The van der Waals surface area contributed by atoms with Gasteiger partial charge in [-0.05, 0) is 28.1 Å². The fraction of sp³-hybridized carbons (Fsp3) is 0.143. The van der Waals surface area contributed by atoms with Crippen molar-refractivity contribution in [1.29, 1.82) is 0 Å². The van der Waals surface area contributed by atoms with Crippen molar-refractivity contribution >= 4 is 27.7 Å². The lowest BCUT2D eigenvalue weighted by molar-refractivity contribution is 0.0951. The topological polar surface area (TPSA) is 54.0 Å². The van der Waals surface area contributed by atoms with Crippen molar-refractivity contribution in [1.82, 2.24) is 10.3 Å². The van der Waals surface area contributed by atoms with Gasteiger partial charge < -0.3 is 10.6 Å². The van der Waals surface area contributed by atoms with E-state index in [-0.39, 0.29) is 18.3 Å². The molecule has 1 amide bonds. The van der Waals surface area contributed by atoms with Gasteiger partial charge in [-0.15, -0.1) is 0 Å². The first kappa shape index (κ1) is 14.5. The number of aromatic nitrogens is 1. The second-order valence-corrected chi connectivity index (χ2v) is 4.99. The molecule has 1 aromatic carbocycles. The Labute approximate surface area is 124 Å². The van der Waals surface area contributed by atoms with Crippen LogP contribution in [0.3, 0.4) is 0 Å². The predicted molar refractivity (Wildman–Crippen MR) is 79.1 cm³/mol. The second-order valence-electron chi connectivity index (χ2n) is 4.07. The Morgan fingerprint density at radius 1 is 1.40 bits per heavy atom. The Morgan fingerprint density at radius 3 is 2.85 bits per heavy atom. The molecule has 104 valence electrons. The molecule has 2 rings (SSSR count). The van der Waals surface area contributed by atoms with Crippen LogP contribution in [0.1, 0.15) is 15.9 Å². The van der Waals surface area contributed by atoms with E-state index in [1.807, 2.05) is 0 Å². The summed E-state index contributed by atoms with van der Waals surface area (Å²) in [5, 5.41) is 5.52. The van der Waals surface area contributed by atoms with Gasteiger partial charge in [0.2, 0.25) is 0 Å². The molecule has 0 saturated heterocycles. The highest BCUT2D eigenvalue weighted by molar-refractivity contribution is 9.10. The fourth-order valence-electron chi connectivity index (χ4n) is 1.72. The number of rotatable bonds is 4. The molecule has 20 heavy (non-hydrogen) atoms. The van der Waals surface area contributed by atoms with Crippen LogP contribution in [0, 0.1) is 5.82 Å². The van der Waals surface area contributed by atoms with Gasteiger partial charge in [-0.1, -0.05) is 18.2 Å². The summed E-state index contributed by atoms with van der Waals surface area (Å²) in [5.74, 6) is -0.181. The summed E-state index contributed by atoms with van der Waals surface area (Å²) in [6.07, 6.45) is 1.60.